The van der Waals surface area contributed by atoms with Crippen molar-refractivity contribution in [1.29, 1.82) is 0 Å². The predicted octanol–water partition coefficient (Wildman–Crippen LogP) is 16.4. The Morgan fingerprint density at radius 3 is 1.40 bits per heavy atom. The lowest BCUT2D eigenvalue weighted by Gasteiger charge is -2.32. The van der Waals surface area contributed by atoms with Crippen LogP contribution in [0.25, 0.3) is 22.3 Å². The third-order valence-electron chi connectivity index (χ3n) is 23.3. The molecule has 6 aromatic carbocycles. The van der Waals surface area contributed by atoms with E-state index in [0.717, 1.165) is 91.5 Å². The lowest BCUT2D eigenvalue weighted by molar-refractivity contribution is 0.00578. The molecule has 0 bridgehead atoms. The van der Waals surface area contributed by atoms with E-state index in [-0.39, 0.29) is 123 Å². The fourth-order valence-electron chi connectivity index (χ4n) is 14.5. The van der Waals surface area contributed by atoms with Gasteiger partial charge in [-0.1, -0.05) is 22.9 Å². The van der Waals surface area contributed by atoms with Gasteiger partial charge in [-0.15, -0.1) is 0 Å². The lowest BCUT2D eigenvalue weighted by atomic mass is 9.73. The van der Waals surface area contributed by atoms with Gasteiger partial charge in [-0.2, -0.15) is 0 Å². The molecule has 21 nitrogen and oxygen atoms in total. The molecular formula is C92H104BBrF6N6O15S5. The zero-order chi connectivity index (χ0) is 92.7. The molecule has 5 atom stereocenters. The van der Waals surface area contributed by atoms with Gasteiger partial charge in [0.1, 0.15) is 34.9 Å². The Bertz CT molecular complexity index is 6330. The number of rotatable bonds is 25. The number of halogens is 7. The second-order valence-electron chi connectivity index (χ2n) is 35.3. The monoisotopic (exact) mass is 1900 g/mol. The van der Waals surface area contributed by atoms with Crippen LogP contribution in [0.2, 0.25) is 0 Å². The van der Waals surface area contributed by atoms with Crippen LogP contribution >= 0.6 is 15.9 Å². The molecule has 2 aliphatic heterocycles. The predicted molar refractivity (Wildman–Crippen MR) is 489 cm³/mol. The number of sulfonamides is 2. The van der Waals surface area contributed by atoms with Crippen molar-refractivity contribution >= 4 is 109 Å². The van der Waals surface area contributed by atoms with Gasteiger partial charge in [-0.3, -0.25) is 46.8 Å². The molecule has 126 heavy (non-hydrogen) atoms. The van der Waals surface area contributed by atoms with Gasteiger partial charge in [0.15, 0.2) is 21.4 Å². The van der Waals surface area contributed by atoms with E-state index in [1.165, 1.54) is 96.6 Å². The van der Waals surface area contributed by atoms with Gasteiger partial charge in [0.2, 0.25) is 25.6 Å². The van der Waals surface area contributed by atoms with Gasteiger partial charge >= 0.3 is 7.12 Å². The number of hydrogen-bond acceptors (Lipinski definition) is 16. The molecule has 1 saturated heterocycles. The Hall–Kier alpha value is -9.03. The first-order valence-corrected chi connectivity index (χ1v) is 49.9. The van der Waals surface area contributed by atoms with E-state index in [1.807, 2.05) is 75.4 Å². The number of anilines is 2. The zero-order valence-corrected chi connectivity index (χ0v) is 78.7. The molecule has 0 amide bonds. The van der Waals surface area contributed by atoms with Gasteiger partial charge in [0, 0.05) is 166 Å². The molecule has 5 aliphatic rings. The number of hydrogen-bond donors (Lipinski definition) is 2. The topological polar surface area (TPSA) is 292 Å². The zero-order valence-electron chi connectivity index (χ0n) is 73.0. The summed E-state index contributed by atoms with van der Waals surface area (Å²) in [5.41, 5.74) is 4.81. The summed E-state index contributed by atoms with van der Waals surface area (Å²) in [4.78, 5) is 69.0. The van der Waals surface area contributed by atoms with Gasteiger partial charge in [0.25, 0.3) is 11.1 Å². The highest BCUT2D eigenvalue weighted by molar-refractivity contribution is 9.10. The fraction of sp³-hybridized carbons (Fsp3) is 0.413. The molecule has 0 unspecified atom stereocenters. The number of aryl methyl sites for hydroxylation is 3. The number of carbonyl (C=O) groups excluding carboxylic acids is 2. The summed E-state index contributed by atoms with van der Waals surface area (Å²) in [6, 6.07) is 27.1. The molecule has 0 radical (unpaired) electrons. The normalized spacial score (nSPS) is 17.1. The van der Waals surface area contributed by atoms with Gasteiger partial charge in [-0.05, 0) is 288 Å². The van der Waals surface area contributed by atoms with Gasteiger partial charge in [-0.25, -0.2) is 51.6 Å². The van der Waals surface area contributed by atoms with Crippen LogP contribution in [-0.4, -0.2) is 121 Å². The van der Waals surface area contributed by atoms with Crippen LogP contribution in [0.4, 0.5) is 37.7 Å². The molecular weight excluding hydrogens is 1790 g/mol. The van der Waals surface area contributed by atoms with Crippen molar-refractivity contribution < 1.29 is 78.9 Å². The highest BCUT2D eigenvalue weighted by atomic mass is 79.9. The average Bonchev–Trinajstić information content (AvgIpc) is 1.61. The number of benzene rings is 6. The van der Waals surface area contributed by atoms with Crippen LogP contribution < -0.4 is 31.6 Å². The SMILES string of the molecule is CCS(=O)(=O)Cc1cc(Br)c(C(=O)c2ccc(F)cc2)cc1F.CCS(=O)(=O)Nc1cc(-c2cn(C)c(=O)cc2[C@@H](C[S@@](=O)C(C)(C)C)C2CC2)c(C(=O)c2ccc(F)cc2)cc1F.CCS(=O)(=O)Nc1cc2c(cc1F)C(c1ccc(F)cc1)=N[C@@H](C1CC1)c1cc(=O)n(C)cc1-2.Cn1cc(B2OC(C)(C)C(C)(C)O2)c([C@@H](C[S@@](=O)C(C)(C)C)C2CC2)cc1=O. The van der Waals surface area contributed by atoms with Crippen LogP contribution in [-0.2, 0) is 87.7 Å². The Kier molecular flexibility index (Phi) is 29.7. The Balaban J connectivity index is 0.000000167. The van der Waals surface area contributed by atoms with Crippen molar-refractivity contribution in [3.8, 4) is 22.3 Å². The van der Waals surface area contributed by atoms with Crippen LogP contribution in [0.3, 0.4) is 0 Å². The number of aromatic nitrogens is 3. The number of pyridine rings is 3. The third kappa shape index (κ3) is 23.3. The number of sulfone groups is 1. The maximum absolute atomic E-state index is 15.4. The molecule has 9 aromatic rings. The molecule has 0 spiro atoms. The van der Waals surface area contributed by atoms with E-state index >= 15 is 8.78 Å². The first-order chi connectivity index (χ1) is 58.7. The van der Waals surface area contributed by atoms with Crippen LogP contribution in [0, 0.1) is 52.7 Å². The van der Waals surface area contributed by atoms with E-state index in [4.69, 9.17) is 14.3 Å². The molecule has 3 saturated carbocycles. The molecule has 14 rings (SSSR count). The number of fused-ring (bicyclic) bond motifs is 3. The minimum atomic E-state index is -3.87. The fourth-order valence-corrected chi connectivity index (χ4v) is 19.7. The van der Waals surface area contributed by atoms with Crippen molar-refractivity contribution in [2.45, 2.75) is 173 Å². The van der Waals surface area contributed by atoms with E-state index < -0.39 is 127 Å². The van der Waals surface area contributed by atoms with E-state index in [1.54, 1.807) is 62.4 Å². The smallest absolute Gasteiger partial charge is 0.399 e. The molecule has 34 heteroatoms. The maximum Gasteiger partial charge on any atom is 0.496 e. The largest absolute Gasteiger partial charge is 0.496 e. The van der Waals surface area contributed by atoms with E-state index in [2.05, 4.69) is 25.4 Å². The molecule has 674 valence electrons. The Morgan fingerprint density at radius 1 is 0.524 bits per heavy atom. The Labute approximate surface area is 745 Å². The first kappa shape index (κ1) is 97.6. The number of carbonyl (C=O) groups is 2. The van der Waals surface area contributed by atoms with Gasteiger partial charge in [0.05, 0.1) is 51.6 Å². The lowest BCUT2D eigenvalue weighted by Crippen LogP contribution is -2.42. The summed E-state index contributed by atoms with van der Waals surface area (Å²) in [5, 5.41) is 0. The minimum absolute atomic E-state index is 0.00520. The third-order valence-corrected chi connectivity index (χ3v) is 32.2. The average molecular weight is 1900 g/mol. The van der Waals surface area contributed by atoms with Crippen molar-refractivity contribution in [2.24, 2.45) is 43.9 Å². The second-order valence-corrected chi connectivity index (χ2v) is 47.1. The van der Waals surface area contributed by atoms with Crippen LogP contribution in [0.15, 0.2) is 170 Å². The Morgan fingerprint density at radius 2 is 0.944 bits per heavy atom. The summed E-state index contributed by atoms with van der Waals surface area (Å²) in [5.74, 6) is -4.51. The summed E-state index contributed by atoms with van der Waals surface area (Å²) >= 11 is 3.17. The van der Waals surface area contributed by atoms with Crippen molar-refractivity contribution in [3.05, 3.63) is 272 Å². The molecule has 4 fully saturated rings. The van der Waals surface area contributed by atoms with Gasteiger partial charge < -0.3 is 23.0 Å². The standard InChI is InChI=1S/C30H34F2N2O5S2.C25H23F2N3O3S.C21H34BNO4S.C16H13BrF2O3S/c1-6-41(38,39)33-27-14-21(23(13-26(27)32)29(36)19-9-11-20(31)12-10-19)24-16-34(5)28(35)15-22(24)25(18-7-8-18)17-40(37)30(2,3)4;1-3-34(32,33)29-22-11-17-18(10-21(22)27)24(15-6-8-16(26)9-7-15)28-25(14-4-5-14)19-12-23(31)30(2)13-20(17)19;1-19(2,3)28(25)13-16(14-9-10-14)15-11-18(24)23(8)12-17(15)22-26-20(4,5)21(6,7)27-22;1-2-23(21,22)9-11-7-14(17)13(8-15(11)19)16(20)10-3-5-12(18)6-4-10/h9-16,18,25,33H,6-8,17H2,1-5H3;6-14,25,29H,3-5H2,1-2H3;11-12,14,16H,9-10,13H2,1-8H3;3-8H,2,9H2,1H3/t25-,40+;25-;16-,28+;/m000./s1. The summed E-state index contributed by atoms with van der Waals surface area (Å²) < 4.78 is 204. The summed E-state index contributed by atoms with van der Waals surface area (Å²) in [6.07, 6.45) is 11.0. The van der Waals surface area contributed by atoms with E-state index in [9.17, 15) is 75.2 Å². The van der Waals surface area contributed by atoms with Crippen LogP contribution in [0.5, 0.6) is 0 Å². The first-order valence-electron chi connectivity index (χ1n) is 41.3. The van der Waals surface area contributed by atoms with Crippen molar-refractivity contribution in [2.75, 3.05) is 38.2 Å². The number of nitrogens with one attached hydrogen (secondary N) is 2. The maximum atomic E-state index is 15.4. The molecule has 3 aliphatic carbocycles. The highest BCUT2D eigenvalue weighted by Gasteiger charge is 2.53. The second kappa shape index (κ2) is 38.3. The molecule has 2 N–H and O–H groups in total. The summed E-state index contributed by atoms with van der Waals surface area (Å²) in [7, 11) is -8.84. The summed E-state index contributed by atoms with van der Waals surface area (Å²) in [6.45, 7) is 24.1. The molecule has 5 heterocycles. The minimum Gasteiger partial charge on any atom is -0.399 e. The number of nitrogens with zero attached hydrogens (tertiary/aromatic N) is 4. The number of aliphatic imine (C=N–C) groups is 1. The number of ketones is 2. The van der Waals surface area contributed by atoms with Crippen molar-refractivity contribution in [3.63, 3.8) is 0 Å². The van der Waals surface area contributed by atoms with E-state index in [0.29, 0.717) is 50.8 Å². The van der Waals surface area contributed by atoms with Crippen molar-refractivity contribution in [1.82, 2.24) is 13.7 Å². The highest BCUT2D eigenvalue weighted by Crippen LogP contribution is 2.51. The molecule has 3 aromatic heterocycles. The van der Waals surface area contributed by atoms with Crippen LogP contribution in [0.1, 0.15) is 212 Å². The quantitative estimate of drug-likeness (QED) is 0.0305.